The van der Waals surface area contributed by atoms with Crippen molar-refractivity contribution >= 4 is 0 Å². The number of phenolic OH excluding ortho intramolecular Hbond substituents is 1. The van der Waals surface area contributed by atoms with Crippen LogP contribution in [0.4, 0.5) is 0 Å². The van der Waals surface area contributed by atoms with Gasteiger partial charge in [0.15, 0.2) is 0 Å². The van der Waals surface area contributed by atoms with Gasteiger partial charge in [0, 0.05) is 32.7 Å². The van der Waals surface area contributed by atoms with E-state index in [4.69, 9.17) is 5.11 Å². The second-order valence-electron chi connectivity index (χ2n) is 2.29. The molecule has 0 spiro atoms. The van der Waals surface area contributed by atoms with E-state index >= 15 is 0 Å². The third kappa shape index (κ3) is 3.88. The minimum Gasteiger partial charge on any atom is -0.508 e. The predicted molar refractivity (Wildman–Crippen MR) is 44.0 cm³/mol. The van der Waals surface area contributed by atoms with Crippen molar-refractivity contribution in [3.05, 3.63) is 36.8 Å². The zero-order valence-corrected chi connectivity index (χ0v) is 10.1. The third-order valence-corrected chi connectivity index (χ3v) is 1.35. The largest absolute Gasteiger partial charge is 0.508 e. The number of aryl methyl sites for hydroxylation is 2. The summed E-state index contributed by atoms with van der Waals surface area (Å²) in [5.41, 5.74) is 2.13. The van der Waals surface area contributed by atoms with E-state index in [1.54, 1.807) is 6.07 Å². The van der Waals surface area contributed by atoms with Gasteiger partial charge in [0.25, 0.3) is 0 Å². The molecule has 1 N–H and O–H groups in total. The fraction of sp³-hybridized carbons (Fsp3) is 0.222. The molecule has 1 aromatic carbocycles. The van der Waals surface area contributed by atoms with E-state index in [0.717, 1.165) is 5.56 Å². The van der Waals surface area contributed by atoms with Crippen LogP contribution in [0.1, 0.15) is 11.1 Å². The van der Waals surface area contributed by atoms with Crippen LogP contribution in [0.5, 0.6) is 5.75 Å². The number of benzene rings is 1. The number of phenols is 1. The second kappa shape index (κ2) is 5.73. The third-order valence-electron chi connectivity index (χ3n) is 1.35. The van der Waals surface area contributed by atoms with Gasteiger partial charge in [-0.3, -0.25) is 0 Å². The van der Waals surface area contributed by atoms with E-state index in [0.29, 0.717) is 5.75 Å². The molecule has 2 heteroatoms. The van der Waals surface area contributed by atoms with Crippen LogP contribution in [0.2, 0.25) is 0 Å². The van der Waals surface area contributed by atoms with Crippen molar-refractivity contribution < 1.29 is 37.8 Å². The first-order chi connectivity index (χ1) is 4.20. The maximum atomic E-state index is 9.04. The Balaban J connectivity index is 0. The Morgan fingerprint density at radius 1 is 1.18 bits per heavy atom. The van der Waals surface area contributed by atoms with Gasteiger partial charge in [-0.2, -0.15) is 0 Å². The van der Waals surface area contributed by atoms with Crippen molar-refractivity contribution in [2.24, 2.45) is 0 Å². The quantitative estimate of drug-likeness (QED) is 0.673. The predicted octanol–water partition coefficient (Wildman–Crippen LogP) is 2.46. The molecule has 1 radical (unpaired) electrons. The first-order valence-electron chi connectivity index (χ1n) is 2.96. The Morgan fingerprint density at radius 2 is 1.73 bits per heavy atom. The molecule has 0 aromatic heterocycles. The molecule has 1 aromatic rings. The number of rotatable bonds is 0. The van der Waals surface area contributed by atoms with Crippen molar-refractivity contribution in [3.63, 3.8) is 0 Å². The van der Waals surface area contributed by atoms with Crippen molar-refractivity contribution in [3.8, 4) is 5.75 Å². The van der Waals surface area contributed by atoms with Gasteiger partial charge >= 0.3 is 0 Å². The Hall–Kier alpha value is 0.124. The standard InChI is InChI=1S/C8H10O.CH3.Y/c1-6-3-4-8(9)7(2)5-6;;/h3-5,9H,1-2H3;1H3;/q;-1;. The summed E-state index contributed by atoms with van der Waals surface area (Å²) in [4.78, 5) is 0. The Morgan fingerprint density at radius 3 is 2.09 bits per heavy atom. The van der Waals surface area contributed by atoms with Crippen LogP contribution in [0.15, 0.2) is 18.2 Å². The molecule has 59 valence electrons. The average Bonchev–Trinajstić information content (AvgIpc) is 1.80. The van der Waals surface area contributed by atoms with Crippen LogP contribution in [0.25, 0.3) is 0 Å². The van der Waals surface area contributed by atoms with Gasteiger partial charge in [-0.25, -0.2) is 0 Å². The number of hydrogen-bond acceptors (Lipinski definition) is 1. The van der Waals surface area contributed by atoms with Crippen LogP contribution >= 0.6 is 0 Å². The average molecular weight is 226 g/mol. The van der Waals surface area contributed by atoms with E-state index in [1.165, 1.54) is 5.56 Å². The Bertz CT molecular complexity index is 221. The molecule has 0 unspecified atom stereocenters. The summed E-state index contributed by atoms with van der Waals surface area (Å²) in [6.45, 7) is 3.90. The Kier molecular flexibility index (Phi) is 7.14. The smallest absolute Gasteiger partial charge is 0.118 e. The van der Waals surface area contributed by atoms with Crippen LogP contribution in [-0.4, -0.2) is 5.11 Å². The van der Waals surface area contributed by atoms with E-state index < -0.39 is 0 Å². The van der Waals surface area contributed by atoms with Crippen molar-refractivity contribution in [1.29, 1.82) is 0 Å². The first kappa shape index (κ1) is 13.7. The fourth-order valence-corrected chi connectivity index (χ4v) is 0.805. The van der Waals surface area contributed by atoms with E-state index in [9.17, 15) is 0 Å². The Labute approximate surface area is 93.7 Å². The molecule has 11 heavy (non-hydrogen) atoms. The second-order valence-corrected chi connectivity index (χ2v) is 2.29. The number of hydrogen-bond donors (Lipinski definition) is 1. The molecule has 0 heterocycles. The molecule has 0 atom stereocenters. The van der Waals surface area contributed by atoms with E-state index in [2.05, 4.69) is 0 Å². The first-order valence-corrected chi connectivity index (χ1v) is 2.96. The molecule has 1 nitrogen and oxygen atoms in total. The van der Waals surface area contributed by atoms with Gasteiger partial charge in [0.05, 0.1) is 0 Å². The summed E-state index contributed by atoms with van der Waals surface area (Å²) in [5.74, 6) is 0.376. The van der Waals surface area contributed by atoms with Gasteiger partial charge in [0.1, 0.15) is 5.75 Å². The summed E-state index contributed by atoms with van der Waals surface area (Å²) < 4.78 is 0. The van der Waals surface area contributed by atoms with Crippen molar-refractivity contribution in [2.75, 3.05) is 0 Å². The molecule has 0 aliphatic heterocycles. The van der Waals surface area contributed by atoms with Gasteiger partial charge < -0.3 is 12.5 Å². The van der Waals surface area contributed by atoms with Crippen LogP contribution in [-0.2, 0) is 32.7 Å². The summed E-state index contributed by atoms with van der Waals surface area (Å²) in [6.07, 6.45) is 0. The molecule has 0 bridgehead atoms. The van der Waals surface area contributed by atoms with Crippen LogP contribution < -0.4 is 0 Å². The summed E-state index contributed by atoms with van der Waals surface area (Å²) >= 11 is 0. The van der Waals surface area contributed by atoms with Crippen molar-refractivity contribution in [2.45, 2.75) is 13.8 Å². The monoisotopic (exact) mass is 226 g/mol. The molecule has 1 rings (SSSR count). The maximum Gasteiger partial charge on any atom is 0.118 e. The zero-order valence-electron chi connectivity index (χ0n) is 7.26. The molecule has 0 aliphatic carbocycles. The van der Waals surface area contributed by atoms with Gasteiger partial charge in [0.2, 0.25) is 0 Å². The van der Waals surface area contributed by atoms with Crippen LogP contribution in [0, 0.1) is 21.3 Å². The van der Waals surface area contributed by atoms with Crippen molar-refractivity contribution in [1.82, 2.24) is 0 Å². The van der Waals surface area contributed by atoms with E-state index in [-0.39, 0.29) is 40.1 Å². The minimum atomic E-state index is 0. The fourth-order valence-electron chi connectivity index (χ4n) is 0.805. The topological polar surface area (TPSA) is 20.2 Å². The molecular formula is C9H13OY-. The molecule has 0 fully saturated rings. The van der Waals surface area contributed by atoms with Gasteiger partial charge in [-0.1, -0.05) is 17.7 Å². The molecule has 0 saturated heterocycles. The zero-order chi connectivity index (χ0) is 6.85. The summed E-state index contributed by atoms with van der Waals surface area (Å²) in [5, 5.41) is 9.04. The maximum absolute atomic E-state index is 9.04. The van der Waals surface area contributed by atoms with Gasteiger partial charge in [-0.05, 0) is 25.5 Å². The SMILES string of the molecule is Cc1ccc(O)c(C)c1.[CH3-].[Y]. The summed E-state index contributed by atoms with van der Waals surface area (Å²) in [7, 11) is 0. The molecule has 0 saturated carbocycles. The number of aromatic hydroxyl groups is 1. The molecule has 0 amide bonds. The van der Waals surface area contributed by atoms with E-state index in [1.807, 2.05) is 26.0 Å². The minimum absolute atomic E-state index is 0. The summed E-state index contributed by atoms with van der Waals surface area (Å²) in [6, 6.07) is 5.56. The van der Waals surface area contributed by atoms with Crippen LogP contribution in [0.3, 0.4) is 0 Å². The van der Waals surface area contributed by atoms with Gasteiger partial charge in [-0.15, -0.1) is 0 Å². The normalized spacial score (nSPS) is 7.82. The molecule has 0 aliphatic rings. The molecular weight excluding hydrogens is 213 g/mol.